The number of nitrogens with two attached hydrogens (primary N) is 1. The molecule has 106 valence electrons. The Bertz CT molecular complexity index is 385. The van der Waals surface area contributed by atoms with E-state index in [1.807, 2.05) is 0 Å². The zero-order valence-corrected chi connectivity index (χ0v) is 12.5. The van der Waals surface area contributed by atoms with Crippen molar-refractivity contribution in [3.05, 3.63) is 29.8 Å². The van der Waals surface area contributed by atoms with Crippen LogP contribution in [0, 0.1) is 0 Å². The number of likely N-dealkylation sites (N-methyl/N-ethyl adjacent to an activating group) is 1. The number of hydrogen-bond acceptors (Lipinski definition) is 3. The predicted molar refractivity (Wildman–Crippen MR) is 82.6 cm³/mol. The van der Waals surface area contributed by atoms with Gasteiger partial charge in [-0.3, -0.25) is 0 Å². The van der Waals surface area contributed by atoms with Gasteiger partial charge in [0.15, 0.2) is 0 Å². The van der Waals surface area contributed by atoms with Crippen LogP contribution < -0.4 is 10.6 Å². The lowest BCUT2D eigenvalue weighted by atomic mass is 10.0. The summed E-state index contributed by atoms with van der Waals surface area (Å²) in [5, 5.41) is 0. The molecule has 0 bridgehead atoms. The Labute approximate surface area is 117 Å². The lowest BCUT2D eigenvalue weighted by Gasteiger charge is -2.29. The monoisotopic (exact) mass is 261 g/mol. The van der Waals surface area contributed by atoms with Gasteiger partial charge in [0.25, 0.3) is 0 Å². The molecular weight excluding hydrogens is 234 g/mol. The highest BCUT2D eigenvalue weighted by Gasteiger charge is 2.25. The summed E-state index contributed by atoms with van der Waals surface area (Å²) >= 11 is 0. The van der Waals surface area contributed by atoms with Crippen LogP contribution in [0.3, 0.4) is 0 Å². The van der Waals surface area contributed by atoms with E-state index in [1.54, 1.807) is 0 Å². The zero-order valence-electron chi connectivity index (χ0n) is 12.5. The smallest absolute Gasteiger partial charge is 0.0417 e. The Hall–Kier alpha value is -1.06. The van der Waals surface area contributed by atoms with E-state index in [0.717, 1.165) is 13.0 Å². The summed E-state index contributed by atoms with van der Waals surface area (Å²) in [5.74, 6) is 0. The van der Waals surface area contributed by atoms with Crippen molar-refractivity contribution in [2.75, 3.05) is 32.1 Å². The molecule has 1 saturated heterocycles. The van der Waals surface area contributed by atoms with Gasteiger partial charge in [-0.15, -0.1) is 0 Å². The molecule has 0 amide bonds. The zero-order chi connectivity index (χ0) is 13.8. The van der Waals surface area contributed by atoms with Crippen LogP contribution in [0.2, 0.25) is 0 Å². The van der Waals surface area contributed by atoms with Gasteiger partial charge in [0.1, 0.15) is 0 Å². The number of benzene rings is 1. The number of anilines is 1. The molecule has 1 heterocycles. The van der Waals surface area contributed by atoms with Crippen LogP contribution >= 0.6 is 0 Å². The number of rotatable bonds is 5. The fraction of sp³-hybridized carbons (Fsp3) is 0.625. The normalized spacial score (nSPS) is 21.1. The Morgan fingerprint density at radius 2 is 2.00 bits per heavy atom. The number of nitrogens with zero attached hydrogens (tertiary/aromatic N) is 2. The Balaban J connectivity index is 2.08. The first-order valence-corrected chi connectivity index (χ1v) is 7.38. The maximum absolute atomic E-state index is 6.07. The van der Waals surface area contributed by atoms with Gasteiger partial charge >= 0.3 is 0 Å². The van der Waals surface area contributed by atoms with Crippen LogP contribution in [0.15, 0.2) is 24.3 Å². The molecule has 0 saturated carbocycles. The van der Waals surface area contributed by atoms with Crippen LogP contribution in [0.4, 0.5) is 5.69 Å². The van der Waals surface area contributed by atoms with Crippen LogP contribution in [-0.2, 0) is 0 Å². The fourth-order valence-corrected chi connectivity index (χ4v) is 2.94. The van der Waals surface area contributed by atoms with E-state index >= 15 is 0 Å². The van der Waals surface area contributed by atoms with Gasteiger partial charge in [-0.1, -0.05) is 19.1 Å². The van der Waals surface area contributed by atoms with Crippen molar-refractivity contribution < 1.29 is 0 Å². The van der Waals surface area contributed by atoms with Crippen molar-refractivity contribution in [2.45, 2.75) is 38.3 Å². The molecule has 1 aromatic rings. The van der Waals surface area contributed by atoms with Gasteiger partial charge in [-0.05, 0) is 51.1 Å². The van der Waals surface area contributed by atoms with Gasteiger partial charge in [0.05, 0.1) is 0 Å². The standard InChI is InChI=1S/C16H27N3/c1-4-16(17)13-7-9-14(10-8-13)19-11-5-6-15(19)12-18(2)3/h7-10,15-16H,4-6,11-12,17H2,1-3H3/t15?,16-/m1/s1. The molecule has 19 heavy (non-hydrogen) atoms. The second-order valence-corrected chi connectivity index (χ2v) is 5.86. The highest BCUT2D eigenvalue weighted by Crippen LogP contribution is 2.27. The Kier molecular flexibility index (Phi) is 4.83. The second kappa shape index (κ2) is 6.40. The molecule has 0 radical (unpaired) electrons. The first-order chi connectivity index (χ1) is 9.11. The molecule has 2 rings (SSSR count). The van der Waals surface area contributed by atoms with Gasteiger partial charge in [-0.2, -0.15) is 0 Å². The predicted octanol–water partition coefficient (Wildman–Crippen LogP) is 2.63. The van der Waals surface area contributed by atoms with E-state index in [9.17, 15) is 0 Å². The van der Waals surface area contributed by atoms with E-state index in [2.05, 4.69) is 55.1 Å². The minimum atomic E-state index is 0.171. The van der Waals surface area contributed by atoms with Crippen molar-refractivity contribution in [3.8, 4) is 0 Å². The van der Waals surface area contributed by atoms with E-state index in [4.69, 9.17) is 5.73 Å². The van der Waals surface area contributed by atoms with Gasteiger partial charge < -0.3 is 15.5 Å². The molecule has 3 heteroatoms. The summed E-state index contributed by atoms with van der Waals surface area (Å²) in [6, 6.07) is 9.67. The second-order valence-electron chi connectivity index (χ2n) is 5.86. The van der Waals surface area contributed by atoms with E-state index in [1.165, 1.54) is 30.6 Å². The summed E-state index contributed by atoms with van der Waals surface area (Å²) in [4.78, 5) is 4.83. The molecule has 0 spiro atoms. The first kappa shape index (κ1) is 14.4. The fourth-order valence-electron chi connectivity index (χ4n) is 2.94. The van der Waals surface area contributed by atoms with Gasteiger partial charge in [0, 0.05) is 30.9 Å². The van der Waals surface area contributed by atoms with E-state index in [-0.39, 0.29) is 6.04 Å². The molecule has 3 nitrogen and oxygen atoms in total. The Morgan fingerprint density at radius 1 is 1.32 bits per heavy atom. The van der Waals surface area contributed by atoms with Crippen molar-refractivity contribution in [1.29, 1.82) is 0 Å². The lowest BCUT2D eigenvalue weighted by molar-refractivity contribution is 0.372. The average Bonchev–Trinajstić information content (AvgIpc) is 2.85. The van der Waals surface area contributed by atoms with E-state index < -0.39 is 0 Å². The quantitative estimate of drug-likeness (QED) is 0.884. The third kappa shape index (κ3) is 3.48. The minimum absolute atomic E-state index is 0.171. The summed E-state index contributed by atoms with van der Waals surface area (Å²) in [5.41, 5.74) is 8.66. The van der Waals surface area contributed by atoms with Crippen LogP contribution in [0.5, 0.6) is 0 Å². The molecule has 1 aliphatic heterocycles. The van der Waals surface area contributed by atoms with Crippen molar-refractivity contribution in [3.63, 3.8) is 0 Å². The maximum Gasteiger partial charge on any atom is 0.0417 e. The molecule has 1 aromatic carbocycles. The molecule has 1 unspecified atom stereocenters. The third-order valence-electron chi connectivity index (χ3n) is 4.05. The molecule has 0 aromatic heterocycles. The van der Waals surface area contributed by atoms with Gasteiger partial charge in [-0.25, -0.2) is 0 Å². The SMILES string of the molecule is CC[C@@H](N)c1ccc(N2CCCC2CN(C)C)cc1. The van der Waals surface area contributed by atoms with Crippen LogP contribution in [0.1, 0.15) is 37.8 Å². The van der Waals surface area contributed by atoms with Crippen molar-refractivity contribution in [1.82, 2.24) is 4.90 Å². The lowest BCUT2D eigenvalue weighted by Crippen LogP contribution is -2.37. The number of hydrogen-bond donors (Lipinski definition) is 1. The highest BCUT2D eigenvalue weighted by molar-refractivity contribution is 5.50. The van der Waals surface area contributed by atoms with Gasteiger partial charge in [0.2, 0.25) is 0 Å². The average molecular weight is 261 g/mol. The summed E-state index contributed by atoms with van der Waals surface area (Å²) in [7, 11) is 4.31. The topological polar surface area (TPSA) is 32.5 Å². The summed E-state index contributed by atoms with van der Waals surface area (Å²) in [6.45, 7) is 4.44. The van der Waals surface area contributed by atoms with Crippen LogP contribution in [0.25, 0.3) is 0 Å². The van der Waals surface area contributed by atoms with Crippen molar-refractivity contribution >= 4 is 5.69 Å². The van der Waals surface area contributed by atoms with Crippen molar-refractivity contribution in [2.24, 2.45) is 5.73 Å². The van der Waals surface area contributed by atoms with Crippen LogP contribution in [-0.4, -0.2) is 38.1 Å². The maximum atomic E-state index is 6.07. The largest absolute Gasteiger partial charge is 0.367 e. The minimum Gasteiger partial charge on any atom is -0.367 e. The molecule has 0 aliphatic carbocycles. The molecular formula is C16H27N3. The highest BCUT2D eigenvalue weighted by atomic mass is 15.2. The summed E-state index contributed by atoms with van der Waals surface area (Å²) < 4.78 is 0. The van der Waals surface area contributed by atoms with E-state index in [0.29, 0.717) is 6.04 Å². The molecule has 2 N–H and O–H groups in total. The third-order valence-corrected chi connectivity index (χ3v) is 4.05. The Morgan fingerprint density at radius 3 is 2.58 bits per heavy atom. The molecule has 1 fully saturated rings. The molecule has 2 atom stereocenters. The first-order valence-electron chi connectivity index (χ1n) is 7.38. The summed E-state index contributed by atoms with van der Waals surface area (Å²) in [6.07, 6.45) is 3.59. The molecule has 1 aliphatic rings.